The molecule has 1 rings (SSSR count). The van der Waals surface area contributed by atoms with Gasteiger partial charge >= 0.3 is 0 Å². The molecule has 0 amide bonds. The monoisotopic (exact) mass is 315 g/mol. The predicted octanol–water partition coefficient (Wildman–Crippen LogP) is 3.20. The lowest BCUT2D eigenvalue weighted by Crippen LogP contribution is -2.25. The molecule has 0 fully saturated rings. The minimum Gasteiger partial charge on any atom is -0.383 e. The van der Waals surface area contributed by atoms with Crippen molar-refractivity contribution < 1.29 is 4.74 Å². The minimum absolute atomic E-state index is 0.278. The Bertz CT molecular complexity index is 385. The largest absolute Gasteiger partial charge is 0.383 e. The van der Waals surface area contributed by atoms with Gasteiger partial charge in [0.15, 0.2) is 0 Å². The summed E-state index contributed by atoms with van der Waals surface area (Å²) in [7, 11) is 1.72. The molecule has 0 aliphatic carbocycles. The highest BCUT2D eigenvalue weighted by Gasteiger charge is 2.13. The van der Waals surface area contributed by atoms with Crippen molar-refractivity contribution >= 4 is 21.7 Å². The molecule has 18 heavy (non-hydrogen) atoms. The second-order valence-corrected chi connectivity index (χ2v) is 4.92. The number of anilines is 1. The summed E-state index contributed by atoms with van der Waals surface area (Å²) in [5.41, 5.74) is 1.98. The second kappa shape index (κ2) is 7.69. The number of aromatic nitrogens is 2. The fourth-order valence-electron chi connectivity index (χ4n) is 1.72. The van der Waals surface area contributed by atoms with E-state index in [4.69, 9.17) is 4.74 Å². The lowest BCUT2D eigenvalue weighted by molar-refractivity contribution is 0.184. The van der Waals surface area contributed by atoms with Gasteiger partial charge in [-0.1, -0.05) is 20.8 Å². The maximum atomic E-state index is 5.20. The van der Waals surface area contributed by atoms with Gasteiger partial charge in [-0.05, 0) is 35.2 Å². The third kappa shape index (κ3) is 3.92. The SMILES string of the molecule is CCc1nc(N[C@@H](CC)COC)c(CC)nc1Br. The lowest BCUT2D eigenvalue weighted by Gasteiger charge is -2.19. The first-order chi connectivity index (χ1) is 8.65. The maximum Gasteiger partial charge on any atom is 0.148 e. The van der Waals surface area contributed by atoms with Crippen molar-refractivity contribution in [1.82, 2.24) is 9.97 Å². The van der Waals surface area contributed by atoms with Crippen LogP contribution in [0.2, 0.25) is 0 Å². The van der Waals surface area contributed by atoms with E-state index in [-0.39, 0.29) is 6.04 Å². The normalized spacial score (nSPS) is 12.5. The van der Waals surface area contributed by atoms with Gasteiger partial charge in [0, 0.05) is 7.11 Å². The number of methoxy groups -OCH3 is 1. The molecule has 0 aromatic carbocycles. The molecule has 0 saturated carbocycles. The Labute approximate surface area is 118 Å². The van der Waals surface area contributed by atoms with Crippen LogP contribution in [0.5, 0.6) is 0 Å². The molecule has 5 heteroatoms. The molecule has 0 spiro atoms. The quantitative estimate of drug-likeness (QED) is 0.839. The smallest absolute Gasteiger partial charge is 0.148 e. The molecule has 1 heterocycles. The van der Waals surface area contributed by atoms with Crippen molar-refractivity contribution in [2.75, 3.05) is 19.0 Å². The molecule has 1 N–H and O–H groups in total. The van der Waals surface area contributed by atoms with E-state index >= 15 is 0 Å². The molecule has 0 unspecified atom stereocenters. The molecule has 0 bridgehead atoms. The van der Waals surface area contributed by atoms with Crippen LogP contribution in [0.25, 0.3) is 0 Å². The first-order valence-electron chi connectivity index (χ1n) is 6.46. The Morgan fingerprint density at radius 2 is 1.83 bits per heavy atom. The zero-order valence-corrected chi connectivity index (χ0v) is 13.2. The highest BCUT2D eigenvalue weighted by molar-refractivity contribution is 9.10. The summed E-state index contributed by atoms with van der Waals surface area (Å²) in [6.07, 6.45) is 2.73. The van der Waals surface area contributed by atoms with Crippen molar-refractivity contribution in [3.8, 4) is 0 Å². The fraction of sp³-hybridized carbons (Fsp3) is 0.692. The lowest BCUT2D eigenvalue weighted by atomic mass is 10.2. The Morgan fingerprint density at radius 3 is 2.33 bits per heavy atom. The van der Waals surface area contributed by atoms with Crippen LogP contribution in [0.4, 0.5) is 5.82 Å². The molecule has 0 radical (unpaired) electrons. The van der Waals surface area contributed by atoms with Crippen LogP contribution < -0.4 is 5.32 Å². The average molecular weight is 316 g/mol. The van der Waals surface area contributed by atoms with Gasteiger partial charge in [-0.2, -0.15) is 0 Å². The van der Waals surface area contributed by atoms with Gasteiger partial charge in [0.2, 0.25) is 0 Å². The van der Waals surface area contributed by atoms with E-state index in [1.165, 1.54) is 0 Å². The van der Waals surface area contributed by atoms with E-state index in [1.54, 1.807) is 7.11 Å². The van der Waals surface area contributed by atoms with Crippen LogP contribution in [0.1, 0.15) is 38.6 Å². The Kier molecular flexibility index (Phi) is 6.57. The first-order valence-corrected chi connectivity index (χ1v) is 7.26. The van der Waals surface area contributed by atoms with Gasteiger partial charge in [0.25, 0.3) is 0 Å². The molecule has 0 aliphatic rings. The highest BCUT2D eigenvalue weighted by Crippen LogP contribution is 2.20. The standard InChI is InChI=1S/C13H22BrN3O/c1-5-9(8-18-4)15-13-11(7-3)16-12(14)10(6-2)17-13/h9H,5-8H2,1-4H3,(H,15,17)/t9-/m0/s1. The van der Waals surface area contributed by atoms with Gasteiger partial charge in [-0.15, -0.1) is 0 Å². The van der Waals surface area contributed by atoms with E-state index in [9.17, 15) is 0 Å². The number of ether oxygens (including phenoxy) is 1. The summed E-state index contributed by atoms with van der Waals surface area (Å²) in [6.45, 7) is 6.98. The zero-order valence-electron chi connectivity index (χ0n) is 11.6. The predicted molar refractivity (Wildman–Crippen MR) is 78.1 cm³/mol. The van der Waals surface area contributed by atoms with Gasteiger partial charge in [0.1, 0.15) is 10.4 Å². The van der Waals surface area contributed by atoms with Crippen molar-refractivity contribution in [1.29, 1.82) is 0 Å². The van der Waals surface area contributed by atoms with Crippen molar-refractivity contribution in [3.05, 3.63) is 16.0 Å². The van der Waals surface area contributed by atoms with Gasteiger partial charge in [-0.3, -0.25) is 0 Å². The molecule has 4 nitrogen and oxygen atoms in total. The van der Waals surface area contributed by atoms with E-state index < -0.39 is 0 Å². The third-order valence-electron chi connectivity index (χ3n) is 2.86. The van der Waals surface area contributed by atoms with Gasteiger partial charge < -0.3 is 10.1 Å². The van der Waals surface area contributed by atoms with Crippen LogP contribution in [0.3, 0.4) is 0 Å². The van der Waals surface area contributed by atoms with Gasteiger partial charge in [-0.25, -0.2) is 9.97 Å². The molecule has 1 atom stereocenters. The Morgan fingerprint density at radius 1 is 1.17 bits per heavy atom. The number of halogens is 1. The van der Waals surface area contributed by atoms with E-state index in [0.29, 0.717) is 6.61 Å². The topological polar surface area (TPSA) is 47.0 Å². The summed E-state index contributed by atoms with van der Waals surface area (Å²) in [4.78, 5) is 9.22. The van der Waals surface area contributed by atoms with Gasteiger partial charge in [0.05, 0.1) is 24.0 Å². The minimum atomic E-state index is 0.278. The van der Waals surface area contributed by atoms with Crippen molar-refractivity contribution in [2.24, 2.45) is 0 Å². The molecular weight excluding hydrogens is 294 g/mol. The van der Waals surface area contributed by atoms with Crippen LogP contribution in [0.15, 0.2) is 4.60 Å². The van der Waals surface area contributed by atoms with Crippen LogP contribution in [0, 0.1) is 0 Å². The molecule has 0 aliphatic heterocycles. The Balaban J connectivity index is 2.98. The molecule has 102 valence electrons. The first kappa shape index (κ1) is 15.4. The molecular formula is C13H22BrN3O. The highest BCUT2D eigenvalue weighted by atomic mass is 79.9. The maximum absolute atomic E-state index is 5.20. The van der Waals surface area contributed by atoms with Crippen LogP contribution in [-0.4, -0.2) is 29.7 Å². The summed E-state index contributed by atoms with van der Waals surface area (Å²) in [6, 6.07) is 0.278. The number of hydrogen-bond acceptors (Lipinski definition) is 4. The van der Waals surface area contributed by atoms with E-state index in [0.717, 1.165) is 41.1 Å². The zero-order chi connectivity index (χ0) is 13.5. The third-order valence-corrected chi connectivity index (χ3v) is 3.50. The summed E-state index contributed by atoms with van der Waals surface area (Å²) in [5, 5.41) is 3.43. The number of hydrogen-bond donors (Lipinski definition) is 1. The van der Waals surface area contributed by atoms with Crippen molar-refractivity contribution in [3.63, 3.8) is 0 Å². The Hall–Kier alpha value is -0.680. The fourth-order valence-corrected chi connectivity index (χ4v) is 2.31. The van der Waals surface area contributed by atoms with Crippen molar-refractivity contribution in [2.45, 2.75) is 46.1 Å². The summed E-state index contributed by atoms with van der Waals surface area (Å²) >= 11 is 3.47. The summed E-state index contributed by atoms with van der Waals surface area (Å²) < 4.78 is 6.05. The van der Waals surface area contributed by atoms with Crippen LogP contribution in [-0.2, 0) is 17.6 Å². The number of rotatable bonds is 7. The van der Waals surface area contributed by atoms with E-state index in [2.05, 4.69) is 52.0 Å². The van der Waals surface area contributed by atoms with E-state index in [1.807, 2.05) is 0 Å². The number of nitrogens with zero attached hydrogens (tertiary/aromatic N) is 2. The molecule has 1 aromatic heterocycles. The molecule has 1 aromatic rings. The number of nitrogens with one attached hydrogen (secondary N) is 1. The van der Waals surface area contributed by atoms with Crippen LogP contribution >= 0.6 is 15.9 Å². The molecule has 0 saturated heterocycles. The second-order valence-electron chi connectivity index (χ2n) is 4.17. The average Bonchev–Trinajstić information content (AvgIpc) is 2.39. The number of aryl methyl sites for hydroxylation is 2. The summed E-state index contributed by atoms with van der Waals surface area (Å²) in [5.74, 6) is 0.890.